The fourth-order valence-electron chi connectivity index (χ4n) is 4.15. The minimum absolute atomic E-state index is 0.0383. The second-order valence-electron chi connectivity index (χ2n) is 8.12. The van der Waals surface area contributed by atoms with Crippen LogP contribution in [0.25, 0.3) is 22.2 Å². The topological polar surface area (TPSA) is 84.3 Å². The highest BCUT2D eigenvalue weighted by Gasteiger charge is 2.36. The Hall–Kier alpha value is -2.86. The summed E-state index contributed by atoms with van der Waals surface area (Å²) in [5.74, 6) is 0.148. The minimum Gasteiger partial charge on any atom is -0.452 e. The molecule has 4 rings (SSSR count). The molecule has 1 aromatic carbocycles. The molecule has 0 spiro atoms. The third-order valence-corrected chi connectivity index (χ3v) is 6.63. The van der Waals surface area contributed by atoms with Gasteiger partial charge in [-0.2, -0.15) is 13.2 Å². The Morgan fingerprint density at radius 1 is 1.38 bits per heavy atom. The molecule has 2 aromatic heterocycles. The van der Waals surface area contributed by atoms with Crippen LogP contribution in [0, 0.1) is 0 Å². The van der Waals surface area contributed by atoms with E-state index >= 15 is 0 Å². The van der Waals surface area contributed by atoms with E-state index in [9.17, 15) is 18.0 Å². The first kappa shape index (κ1) is 24.3. The lowest BCUT2D eigenvalue weighted by molar-refractivity contribution is -0.137. The van der Waals surface area contributed by atoms with Gasteiger partial charge in [0.15, 0.2) is 0 Å². The van der Waals surface area contributed by atoms with Crippen molar-refractivity contribution in [3.8, 4) is 11.3 Å². The van der Waals surface area contributed by atoms with Gasteiger partial charge in [-0.15, -0.1) is 0 Å². The van der Waals surface area contributed by atoms with Crippen molar-refractivity contribution in [3.05, 3.63) is 34.6 Å². The van der Waals surface area contributed by atoms with Crippen LogP contribution in [0.2, 0.25) is 0 Å². The number of carbonyl (C=O) groups is 1. The maximum atomic E-state index is 13.9. The molecule has 1 unspecified atom stereocenters. The SMILES string of the molecule is COC(=O)N(C)c1ccc2c(-c3nc(NC4CCCNC4)ncc3C(F)(F)F)cn(C)c2c1Br. The summed E-state index contributed by atoms with van der Waals surface area (Å²) in [7, 11) is 4.54. The van der Waals surface area contributed by atoms with Crippen LogP contribution in [0.5, 0.6) is 0 Å². The van der Waals surface area contributed by atoms with Crippen molar-refractivity contribution >= 4 is 44.6 Å². The van der Waals surface area contributed by atoms with Gasteiger partial charge in [-0.25, -0.2) is 14.8 Å². The van der Waals surface area contributed by atoms with Crippen molar-refractivity contribution in [2.75, 3.05) is 37.5 Å². The van der Waals surface area contributed by atoms with Crippen LogP contribution in [-0.4, -0.2) is 53.9 Å². The number of methoxy groups -OCH3 is 1. The van der Waals surface area contributed by atoms with Crippen LogP contribution >= 0.6 is 15.9 Å². The van der Waals surface area contributed by atoms with Crippen molar-refractivity contribution in [1.82, 2.24) is 19.9 Å². The highest BCUT2D eigenvalue weighted by molar-refractivity contribution is 9.10. The van der Waals surface area contributed by atoms with Gasteiger partial charge >= 0.3 is 12.3 Å². The van der Waals surface area contributed by atoms with Gasteiger partial charge in [0.05, 0.1) is 28.5 Å². The summed E-state index contributed by atoms with van der Waals surface area (Å²) in [6.45, 7) is 1.60. The lowest BCUT2D eigenvalue weighted by Gasteiger charge is -2.24. The predicted molar refractivity (Wildman–Crippen MR) is 127 cm³/mol. The molecule has 1 atom stereocenters. The summed E-state index contributed by atoms with van der Waals surface area (Å²) < 4.78 is 48.8. The quantitative estimate of drug-likeness (QED) is 0.495. The number of hydrogen-bond donors (Lipinski definition) is 2. The zero-order valence-corrected chi connectivity index (χ0v) is 20.4. The molecule has 2 N–H and O–H groups in total. The van der Waals surface area contributed by atoms with E-state index in [4.69, 9.17) is 4.74 Å². The first-order valence-electron chi connectivity index (χ1n) is 10.6. The van der Waals surface area contributed by atoms with E-state index in [1.165, 1.54) is 12.0 Å². The summed E-state index contributed by atoms with van der Waals surface area (Å²) in [4.78, 5) is 21.6. The number of aryl methyl sites for hydroxylation is 1. The molecule has 8 nitrogen and oxygen atoms in total. The Morgan fingerprint density at radius 2 is 2.15 bits per heavy atom. The number of aromatic nitrogens is 3. The summed E-state index contributed by atoms with van der Waals surface area (Å²) in [6.07, 6.45) is -0.938. The van der Waals surface area contributed by atoms with E-state index in [2.05, 4.69) is 36.5 Å². The standard InChI is InChI=1S/C22H24BrF3N6O2/c1-31-11-14(13-6-7-16(17(23)19(13)31)32(2)21(33)34-3)18-15(22(24,25)26)10-28-20(30-18)29-12-5-4-8-27-9-12/h6-7,10-12,27H,4-5,8-9H2,1-3H3,(H,28,29,30). The van der Waals surface area contributed by atoms with Crippen molar-refractivity contribution < 1.29 is 22.7 Å². The molecular weight excluding hydrogens is 517 g/mol. The fraction of sp³-hybridized carbons (Fsp3) is 0.409. The van der Waals surface area contributed by atoms with Gasteiger partial charge in [-0.1, -0.05) is 0 Å². The predicted octanol–water partition coefficient (Wildman–Crippen LogP) is 4.78. The number of carbonyl (C=O) groups excluding carboxylic acids is 1. The lowest BCUT2D eigenvalue weighted by Crippen LogP contribution is -2.38. The van der Waals surface area contributed by atoms with E-state index in [1.807, 2.05) is 0 Å². The summed E-state index contributed by atoms with van der Waals surface area (Å²) in [5.41, 5.74) is 0.309. The molecule has 1 saturated heterocycles. The van der Waals surface area contributed by atoms with Gasteiger partial charge in [-0.3, -0.25) is 4.90 Å². The fourth-order valence-corrected chi connectivity index (χ4v) is 5.04. The molecule has 1 aliphatic rings. The number of ether oxygens (including phenoxy) is 1. The van der Waals surface area contributed by atoms with E-state index in [0.717, 1.165) is 25.6 Å². The lowest BCUT2D eigenvalue weighted by atomic mass is 10.1. The largest absolute Gasteiger partial charge is 0.452 e. The third-order valence-electron chi connectivity index (χ3n) is 5.85. The molecule has 1 amide bonds. The first-order valence-corrected chi connectivity index (χ1v) is 11.4. The van der Waals surface area contributed by atoms with Gasteiger partial charge in [0, 0.05) is 50.0 Å². The van der Waals surface area contributed by atoms with E-state index in [0.29, 0.717) is 33.2 Å². The Balaban J connectivity index is 1.84. The van der Waals surface area contributed by atoms with Crippen molar-refractivity contribution in [1.29, 1.82) is 0 Å². The minimum atomic E-state index is -4.63. The number of halogens is 4. The van der Waals surface area contributed by atoms with Gasteiger partial charge in [0.1, 0.15) is 5.56 Å². The first-order chi connectivity index (χ1) is 16.1. The molecule has 0 saturated carbocycles. The van der Waals surface area contributed by atoms with Gasteiger partial charge in [0.2, 0.25) is 5.95 Å². The second kappa shape index (κ2) is 9.41. The van der Waals surface area contributed by atoms with Crippen LogP contribution in [0.3, 0.4) is 0 Å². The number of alkyl halides is 3. The Labute approximate surface area is 202 Å². The highest BCUT2D eigenvalue weighted by atomic mass is 79.9. The average Bonchev–Trinajstić information content (AvgIpc) is 3.15. The van der Waals surface area contributed by atoms with E-state index in [-0.39, 0.29) is 17.7 Å². The maximum absolute atomic E-state index is 13.9. The molecule has 34 heavy (non-hydrogen) atoms. The van der Waals surface area contributed by atoms with Gasteiger partial charge in [0.25, 0.3) is 0 Å². The molecule has 1 aliphatic heterocycles. The number of nitrogens with one attached hydrogen (secondary N) is 2. The molecule has 3 heterocycles. The molecule has 0 radical (unpaired) electrons. The molecule has 0 bridgehead atoms. The molecule has 0 aliphatic carbocycles. The van der Waals surface area contributed by atoms with Gasteiger partial charge < -0.3 is 19.9 Å². The molecule has 182 valence electrons. The zero-order chi connectivity index (χ0) is 24.6. The number of anilines is 2. The third kappa shape index (κ3) is 4.56. The molecule has 3 aromatic rings. The summed E-state index contributed by atoms with van der Waals surface area (Å²) in [5, 5.41) is 6.95. The number of fused-ring (bicyclic) bond motifs is 1. The van der Waals surface area contributed by atoms with Gasteiger partial charge in [-0.05, 0) is 47.4 Å². The van der Waals surface area contributed by atoms with Crippen LogP contribution in [0.1, 0.15) is 18.4 Å². The van der Waals surface area contributed by atoms with E-state index < -0.39 is 17.8 Å². The van der Waals surface area contributed by atoms with Crippen LogP contribution < -0.4 is 15.5 Å². The number of piperidine rings is 1. The Bertz CT molecular complexity index is 1220. The monoisotopic (exact) mass is 540 g/mol. The normalized spacial score (nSPS) is 16.5. The van der Waals surface area contributed by atoms with Crippen molar-refractivity contribution in [2.45, 2.75) is 25.1 Å². The Morgan fingerprint density at radius 3 is 2.79 bits per heavy atom. The zero-order valence-electron chi connectivity index (χ0n) is 18.8. The highest BCUT2D eigenvalue weighted by Crippen LogP contribution is 2.42. The van der Waals surface area contributed by atoms with Crippen LogP contribution in [-0.2, 0) is 18.0 Å². The second-order valence-corrected chi connectivity index (χ2v) is 8.91. The number of rotatable bonds is 4. The average molecular weight is 541 g/mol. The van der Waals surface area contributed by atoms with E-state index in [1.54, 1.807) is 37.0 Å². The molecular formula is C22H24BrF3N6O2. The smallest absolute Gasteiger partial charge is 0.419 e. The molecule has 1 fully saturated rings. The maximum Gasteiger partial charge on any atom is 0.419 e. The van der Waals surface area contributed by atoms with Crippen LogP contribution in [0.4, 0.5) is 29.6 Å². The Kier molecular flexibility index (Phi) is 6.72. The summed E-state index contributed by atoms with van der Waals surface area (Å²) in [6, 6.07) is 3.36. The number of nitrogens with zero attached hydrogens (tertiary/aromatic N) is 4. The molecule has 12 heteroatoms. The number of amides is 1. The van der Waals surface area contributed by atoms with Crippen LogP contribution in [0.15, 0.2) is 29.0 Å². The summed E-state index contributed by atoms with van der Waals surface area (Å²) >= 11 is 3.51. The number of benzene rings is 1. The van der Waals surface area contributed by atoms with Crippen molar-refractivity contribution in [2.24, 2.45) is 7.05 Å². The number of hydrogen-bond acceptors (Lipinski definition) is 6. The van der Waals surface area contributed by atoms with Crippen molar-refractivity contribution in [3.63, 3.8) is 0 Å².